The second-order valence-electron chi connectivity index (χ2n) is 3.28. The van der Waals surface area contributed by atoms with E-state index in [2.05, 4.69) is 6.58 Å². The third kappa shape index (κ3) is 2.42. The molecule has 0 aliphatic carbocycles. The van der Waals surface area contributed by atoms with Crippen LogP contribution in [-0.2, 0) is 4.74 Å². The van der Waals surface area contributed by atoms with E-state index >= 15 is 0 Å². The lowest BCUT2D eigenvalue weighted by molar-refractivity contribution is 0.0597. The monoisotopic (exact) mass is 256 g/mol. The first-order valence-electron chi connectivity index (χ1n) is 4.63. The summed E-state index contributed by atoms with van der Waals surface area (Å²) in [6, 6.07) is 3.37. The van der Waals surface area contributed by atoms with Gasteiger partial charge in [0.05, 0.1) is 12.7 Å². The fraction of sp³-hybridized carbons (Fsp3) is 0.250. The van der Waals surface area contributed by atoms with Crippen LogP contribution in [0.25, 0.3) is 5.57 Å². The third-order valence-electron chi connectivity index (χ3n) is 2.14. The molecule has 0 spiro atoms. The number of halogens is 1. The summed E-state index contributed by atoms with van der Waals surface area (Å²) < 4.78 is 4.73. The molecule has 1 rings (SSSR count). The normalized spacial score (nSPS) is 10.0. The van der Waals surface area contributed by atoms with E-state index in [4.69, 9.17) is 16.3 Å². The van der Waals surface area contributed by atoms with Gasteiger partial charge in [-0.15, -0.1) is 11.8 Å². The lowest BCUT2D eigenvalue weighted by Crippen LogP contribution is -2.05. The Morgan fingerprint density at radius 3 is 2.56 bits per heavy atom. The Morgan fingerprint density at radius 1 is 1.50 bits per heavy atom. The molecule has 0 heterocycles. The van der Waals surface area contributed by atoms with Crippen molar-refractivity contribution in [1.29, 1.82) is 0 Å². The number of allylic oxidation sites excluding steroid dienone is 1. The molecule has 0 saturated heterocycles. The van der Waals surface area contributed by atoms with Gasteiger partial charge in [-0.25, -0.2) is 4.79 Å². The highest BCUT2D eigenvalue weighted by molar-refractivity contribution is 7.98. The molecule has 16 heavy (non-hydrogen) atoms. The Kier molecular flexibility index (Phi) is 4.44. The number of rotatable bonds is 3. The standard InChI is InChI=1S/C12H13ClO2S/c1-7(2)10-9(13)6-5-8(11(10)16-4)12(14)15-3/h5-6H,1H2,2-4H3. The predicted octanol–water partition coefficient (Wildman–Crippen LogP) is 3.88. The molecule has 1 aromatic carbocycles. The van der Waals surface area contributed by atoms with Crippen LogP contribution in [0, 0.1) is 0 Å². The SMILES string of the molecule is C=C(C)c1c(Cl)ccc(C(=O)OC)c1SC. The molecule has 1 aromatic rings. The Bertz CT molecular complexity index is 441. The van der Waals surface area contributed by atoms with Crippen molar-refractivity contribution in [2.24, 2.45) is 0 Å². The fourth-order valence-electron chi connectivity index (χ4n) is 1.44. The van der Waals surface area contributed by atoms with Crippen molar-refractivity contribution >= 4 is 34.9 Å². The number of thioether (sulfide) groups is 1. The van der Waals surface area contributed by atoms with Crippen molar-refractivity contribution in [3.05, 3.63) is 34.9 Å². The molecule has 0 amide bonds. The van der Waals surface area contributed by atoms with Gasteiger partial charge in [-0.2, -0.15) is 0 Å². The van der Waals surface area contributed by atoms with Gasteiger partial charge in [0.1, 0.15) is 0 Å². The molecule has 0 aromatic heterocycles. The summed E-state index contributed by atoms with van der Waals surface area (Å²) >= 11 is 7.56. The Hall–Kier alpha value is -0.930. The Balaban J connectivity index is 3.48. The van der Waals surface area contributed by atoms with Crippen LogP contribution in [0.1, 0.15) is 22.8 Å². The molecule has 0 bridgehead atoms. The van der Waals surface area contributed by atoms with E-state index in [1.54, 1.807) is 12.1 Å². The molecule has 0 atom stereocenters. The van der Waals surface area contributed by atoms with Gasteiger partial charge in [-0.3, -0.25) is 0 Å². The van der Waals surface area contributed by atoms with Gasteiger partial charge in [0.25, 0.3) is 0 Å². The molecule has 0 aliphatic rings. The van der Waals surface area contributed by atoms with Gasteiger partial charge in [-0.1, -0.05) is 18.2 Å². The minimum absolute atomic E-state index is 0.358. The largest absolute Gasteiger partial charge is 0.465 e. The van der Waals surface area contributed by atoms with Gasteiger partial charge >= 0.3 is 5.97 Å². The predicted molar refractivity (Wildman–Crippen MR) is 69.3 cm³/mol. The zero-order chi connectivity index (χ0) is 12.3. The molecule has 0 aliphatic heterocycles. The number of ether oxygens (including phenoxy) is 1. The molecule has 0 fully saturated rings. The van der Waals surface area contributed by atoms with Crippen molar-refractivity contribution in [3.8, 4) is 0 Å². The molecular formula is C12H13ClO2S. The number of hydrogen-bond donors (Lipinski definition) is 0. The lowest BCUT2D eigenvalue weighted by atomic mass is 10.1. The summed E-state index contributed by atoms with van der Waals surface area (Å²) in [5.41, 5.74) is 2.18. The van der Waals surface area contributed by atoms with Crippen molar-refractivity contribution in [2.45, 2.75) is 11.8 Å². The van der Waals surface area contributed by atoms with Crippen LogP contribution < -0.4 is 0 Å². The molecule has 0 saturated carbocycles. The van der Waals surface area contributed by atoms with Gasteiger partial charge in [-0.05, 0) is 30.9 Å². The molecule has 0 N–H and O–H groups in total. The van der Waals surface area contributed by atoms with Crippen molar-refractivity contribution in [3.63, 3.8) is 0 Å². The number of esters is 1. The van der Waals surface area contributed by atoms with Crippen LogP contribution in [0.2, 0.25) is 5.02 Å². The number of carbonyl (C=O) groups excluding carboxylic acids is 1. The first kappa shape index (κ1) is 13.1. The zero-order valence-corrected chi connectivity index (χ0v) is 11.0. The van der Waals surface area contributed by atoms with E-state index in [0.29, 0.717) is 10.6 Å². The van der Waals surface area contributed by atoms with Gasteiger partial charge < -0.3 is 4.74 Å². The molecular weight excluding hydrogens is 244 g/mol. The van der Waals surface area contributed by atoms with Crippen LogP contribution in [0.15, 0.2) is 23.6 Å². The van der Waals surface area contributed by atoms with Gasteiger partial charge in [0.15, 0.2) is 0 Å². The summed E-state index contributed by atoms with van der Waals surface area (Å²) in [4.78, 5) is 12.4. The maximum Gasteiger partial charge on any atom is 0.339 e. The van der Waals surface area contributed by atoms with Gasteiger partial charge in [0.2, 0.25) is 0 Å². The minimum Gasteiger partial charge on any atom is -0.465 e. The minimum atomic E-state index is -0.358. The number of carbonyl (C=O) groups is 1. The Morgan fingerprint density at radius 2 is 2.12 bits per heavy atom. The molecule has 0 radical (unpaired) electrons. The van der Waals surface area contributed by atoms with Crippen molar-refractivity contribution in [1.82, 2.24) is 0 Å². The summed E-state index contributed by atoms with van der Waals surface area (Å²) in [6.07, 6.45) is 1.89. The number of benzene rings is 1. The average Bonchev–Trinajstić information content (AvgIpc) is 2.26. The van der Waals surface area contributed by atoms with Crippen molar-refractivity contribution in [2.75, 3.05) is 13.4 Å². The summed E-state index contributed by atoms with van der Waals surface area (Å²) in [5.74, 6) is -0.358. The van der Waals surface area contributed by atoms with E-state index in [1.807, 2.05) is 13.2 Å². The van der Waals surface area contributed by atoms with Crippen LogP contribution >= 0.6 is 23.4 Å². The van der Waals surface area contributed by atoms with Crippen LogP contribution in [0.4, 0.5) is 0 Å². The molecule has 86 valence electrons. The second-order valence-corrected chi connectivity index (χ2v) is 4.50. The summed E-state index contributed by atoms with van der Waals surface area (Å²) in [7, 11) is 1.36. The highest BCUT2D eigenvalue weighted by Gasteiger charge is 2.17. The summed E-state index contributed by atoms with van der Waals surface area (Å²) in [6.45, 7) is 5.73. The van der Waals surface area contributed by atoms with Crippen LogP contribution in [-0.4, -0.2) is 19.3 Å². The molecule has 4 heteroatoms. The topological polar surface area (TPSA) is 26.3 Å². The van der Waals surface area contributed by atoms with E-state index in [0.717, 1.165) is 16.0 Å². The third-order valence-corrected chi connectivity index (χ3v) is 3.29. The lowest BCUT2D eigenvalue weighted by Gasteiger charge is -2.13. The zero-order valence-electron chi connectivity index (χ0n) is 9.46. The summed E-state index contributed by atoms with van der Waals surface area (Å²) in [5, 5.41) is 0.601. The number of hydrogen-bond acceptors (Lipinski definition) is 3. The highest BCUT2D eigenvalue weighted by atomic mass is 35.5. The van der Waals surface area contributed by atoms with Gasteiger partial charge in [0, 0.05) is 15.5 Å². The van der Waals surface area contributed by atoms with Crippen molar-refractivity contribution < 1.29 is 9.53 Å². The molecule has 2 nitrogen and oxygen atoms in total. The van der Waals surface area contributed by atoms with E-state index in [9.17, 15) is 4.79 Å². The quantitative estimate of drug-likeness (QED) is 0.606. The Labute approximate surface area is 105 Å². The second kappa shape index (κ2) is 5.41. The van der Waals surface area contributed by atoms with E-state index < -0.39 is 0 Å². The maximum atomic E-state index is 11.6. The average molecular weight is 257 g/mol. The molecule has 0 unspecified atom stereocenters. The van der Waals surface area contributed by atoms with Crippen LogP contribution in [0.3, 0.4) is 0 Å². The van der Waals surface area contributed by atoms with E-state index in [1.165, 1.54) is 18.9 Å². The first-order chi connectivity index (χ1) is 7.52. The van der Waals surface area contributed by atoms with E-state index in [-0.39, 0.29) is 5.97 Å². The van der Waals surface area contributed by atoms with Crippen LogP contribution in [0.5, 0.6) is 0 Å². The first-order valence-corrected chi connectivity index (χ1v) is 6.23. The fourth-order valence-corrected chi connectivity index (χ4v) is 2.67. The number of methoxy groups -OCH3 is 1. The highest BCUT2D eigenvalue weighted by Crippen LogP contribution is 2.35. The smallest absolute Gasteiger partial charge is 0.339 e. The maximum absolute atomic E-state index is 11.6.